The van der Waals surface area contributed by atoms with E-state index in [9.17, 15) is 4.21 Å². The average molecular weight is 254 g/mol. The molecule has 0 saturated heterocycles. The third-order valence-electron chi connectivity index (χ3n) is 2.36. The molecule has 0 saturated carbocycles. The first-order valence-corrected chi connectivity index (χ1v) is 6.55. The molecule has 1 aromatic heterocycles. The Labute approximate surface area is 101 Å². The quantitative estimate of drug-likeness (QED) is 0.634. The van der Waals surface area contributed by atoms with Crippen molar-refractivity contribution >= 4 is 22.1 Å². The Balaban J connectivity index is 2.21. The molecule has 0 aliphatic heterocycles. The lowest BCUT2D eigenvalue weighted by atomic mass is 10.3. The smallest absolute Gasteiger partial charge is 0.225 e. The van der Waals surface area contributed by atoms with Gasteiger partial charge in [-0.1, -0.05) is 13.3 Å². The monoisotopic (exact) mass is 254 g/mol. The molecule has 2 aromatic rings. The van der Waals surface area contributed by atoms with E-state index in [1.807, 2.05) is 6.07 Å². The van der Waals surface area contributed by atoms with Gasteiger partial charge < -0.3 is 9.72 Å². The second-order valence-electron chi connectivity index (χ2n) is 3.67. The Morgan fingerprint density at radius 1 is 1.53 bits per heavy atom. The molecule has 0 aliphatic carbocycles. The van der Waals surface area contributed by atoms with Gasteiger partial charge in [0.05, 0.1) is 17.6 Å². The van der Waals surface area contributed by atoms with Crippen molar-refractivity contribution in [2.24, 2.45) is 0 Å². The number of rotatable bonds is 5. The van der Waals surface area contributed by atoms with Crippen LogP contribution in [0.25, 0.3) is 11.0 Å². The largest absolute Gasteiger partial charge is 0.494 e. The van der Waals surface area contributed by atoms with Crippen LogP contribution in [0.4, 0.5) is 0 Å². The molecule has 0 bridgehead atoms. The first kappa shape index (κ1) is 12.1. The molecule has 1 atom stereocenters. The second kappa shape index (κ2) is 5.29. The van der Waals surface area contributed by atoms with E-state index in [4.69, 9.17) is 9.29 Å². The van der Waals surface area contributed by atoms with E-state index in [1.54, 1.807) is 12.1 Å². The van der Waals surface area contributed by atoms with Gasteiger partial charge in [0.15, 0.2) is 0 Å². The third-order valence-corrected chi connectivity index (χ3v) is 2.89. The summed E-state index contributed by atoms with van der Waals surface area (Å²) in [4.78, 5) is 6.77. The van der Waals surface area contributed by atoms with Crippen molar-refractivity contribution in [1.82, 2.24) is 9.97 Å². The Kier molecular flexibility index (Phi) is 3.75. The normalized spacial score (nSPS) is 12.8. The first-order chi connectivity index (χ1) is 8.20. The summed E-state index contributed by atoms with van der Waals surface area (Å²) >= 11 is -2.08. The van der Waals surface area contributed by atoms with Crippen LogP contribution in [0.5, 0.6) is 5.75 Å². The number of nitrogens with one attached hydrogen (secondary N) is 1. The molecule has 5 nitrogen and oxygen atoms in total. The predicted molar refractivity (Wildman–Crippen MR) is 65.5 cm³/mol. The highest BCUT2D eigenvalue weighted by Crippen LogP contribution is 2.20. The van der Waals surface area contributed by atoms with Crippen LogP contribution < -0.4 is 4.74 Å². The van der Waals surface area contributed by atoms with Gasteiger partial charge in [0.25, 0.3) is 0 Å². The number of ether oxygens (including phenoxy) is 1. The number of nitrogens with zero attached hydrogens (tertiary/aromatic N) is 1. The van der Waals surface area contributed by atoms with E-state index in [0.717, 1.165) is 18.6 Å². The fourth-order valence-corrected chi connectivity index (χ4v) is 1.85. The van der Waals surface area contributed by atoms with Gasteiger partial charge in [-0.05, 0) is 18.6 Å². The summed E-state index contributed by atoms with van der Waals surface area (Å²) in [5.41, 5.74) is 1.36. The fraction of sp³-hybridized carbons (Fsp3) is 0.364. The van der Waals surface area contributed by atoms with Crippen LogP contribution in [0.3, 0.4) is 0 Å². The van der Waals surface area contributed by atoms with Gasteiger partial charge in [0, 0.05) is 6.07 Å². The van der Waals surface area contributed by atoms with Crippen LogP contribution in [-0.2, 0) is 11.1 Å². The van der Waals surface area contributed by atoms with E-state index in [1.165, 1.54) is 0 Å². The van der Waals surface area contributed by atoms with Crippen LogP contribution in [0.1, 0.15) is 19.8 Å². The maximum Gasteiger partial charge on any atom is 0.225 e. The van der Waals surface area contributed by atoms with Crippen molar-refractivity contribution in [3.8, 4) is 5.75 Å². The van der Waals surface area contributed by atoms with Crippen LogP contribution in [0, 0.1) is 0 Å². The van der Waals surface area contributed by atoms with E-state index in [-0.39, 0.29) is 5.16 Å². The molecule has 1 heterocycles. The molecule has 6 heteroatoms. The van der Waals surface area contributed by atoms with Gasteiger partial charge in [-0.2, -0.15) is 0 Å². The van der Waals surface area contributed by atoms with Crippen LogP contribution in [0.2, 0.25) is 0 Å². The molecule has 1 aromatic carbocycles. The molecule has 1 unspecified atom stereocenters. The highest BCUT2D eigenvalue weighted by Gasteiger charge is 2.07. The average Bonchev–Trinajstić information content (AvgIpc) is 2.72. The number of imidazole rings is 1. The van der Waals surface area contributed by atoms with Crippen molar-refractivity contribution in [3.05, 3.63) is 18.2 Å². The Bertz CT molecular complexity index is 538. The van der Waals surface area contributed by atoms with E-state index in [2.05, 4.69) is 16.9 Å². The Morgan fingerprint density at radius 3 is 3.06 bits per heavy atom. The van der Waals surface area contributed by atoms with Gasteiger partial charge in [-0.3, -0.25) is 4.55 Å². The summed E-state index contributed by atoms with van der Waals surface area (Å²) in [5.74, 6) is 0.741. The lowest BCUT2D eigenvalue weighted by Crippen LogP contribution is -1.95. The zero-order valence-electron chi connectivity index (χ0n) is 9.47. The van der Waals surface area contributed by atoms with Crippen LogP contribution >= 0.6 is 0 Å². The molecule has 2 rings (SSSR count). The number of hydrogen-bond acceptors (Lipinski definition) is 3. The van der Waals surface area contributed by atoms with Gasteiger partial charge in [-0.25, -0.2) is 9.19 Å². The lowest BCUT2D eigenvalue weighted by molar-refractivity contribution is 0.310. The number of H-pyrrole nitrogens is 1. The van der Waals surface area contributed by atoms with E-state index >= 15 is 0 Å². The molecular formula is C11H14N2O3S. The molecule has 17 heavy (non-hydrogen) atoms. The predicted octanol–water partition coefficient (Wildman–Crippen LogP) is 2.32. The fourth-order valence-electron chi connectivity index (χ4n) is 1.47. The van der Waals surface area contributed by atoms with Crippen molar-refractivity contribution in [3.63, 3.8) is 0 Å². The third kappa shape index (κ3) is 2.83. The minimum atomic E-state index is -2.08. The number of aromatic nitrogens is 2. The maximum absolute atomic E-state index is 10.9. The molecule has 0 fully saturated rings. The van der Waals surface area contributed by atoms with Crippen molar-refractivity contribution in [2.75, 3.05) is 6.61 Å². The minimum absolute atomic E-state index is 0.0608. The second-order valence-corrected chi connectivity index (χ2v) is 4.56. The first-order valence-electron chi connectivity index (χ1n) is 5.44. The highest BCUT2D eigenvalue weighted by molar-refractivity contribution is 7.79. The molecule has 0 amide bonds. The minimum Gasteiger partial charge on any atom is -0.494 e. The topological polar surface area (TPSA) is 75.2 Å². The summed E-state index contributed by atoms with van der Waals surface area (Å²) in [7, 11) is 0. The zero-order chi connectivity index (χ0) is 12.3. The van der Waals surface area contributed by atoms with Gasteiger partial charge >= 0.3 is 0 Å². The Morgan fingerprint density at radius 2 is 2.35 bits per heavy atom. The summed E-state index contributed by atoms with van der Waals surface area (Å²) in [5, 5.41) is 0.0608. The number of fused-ring (bicyclic) bond motifs is 1. The molecule has 0 radical (unpaired) electrons. The number of benzene rings is 1. The summed E-state index contributed by atoms with van der Waals surface area (Å²) < 4.78 is 25.3. The maximum atomic E-state index is 10.9. The molecular weight excluding hydrogens is 240 g/mol. The van der Waals surface area contributed by atoms with Gasteiger partial charge in [-0.15, -0.1) is 0 Å². The van der Waals surface area contributed by atoms with Crippen molar-refractivity contribution < 1.29 is 13.5 Å². The number of aromatic amines is 1. The SMILES string of the molecule is CCCCOc1ccc2nc(S(=O)O)[nH]c2c1. The molecule has 2 N–H and O–H groups in total. The number of unbranched alkanes of at least 4 members (excludes halogenated alkanes) is 1. The summed E-state index contributed by atoms with van der Waals surface area (Å²) in [6.07, 6.45) is 2.09. The van der Waals surface area contributed by atoms with Crippen molar-refractivity contribution in [2.45, 2.75) is 24.9 Å². The van der Waals surface area contributed by atoms with E-state index in [0.29, 0.717) is 17.6 Å². The summed E-state index contributed by atoms with van der Waals surface area (Å²) in [6, 6.07) is 5.36. The lowest BCUT2D eigenvalue weighted by Gasteiger charge is -2.04. The molecule has 0 spiro atoms. The van der Waals surface area contributed by atoms with E-state index < -0.39 is 11.1 Å². The zero-order valence-corrected chi connectivity index (χ0v) is 10.3. The van der Waals surface area contributed by atoms with Crippen LogP contribution in [-0.4, -0.2) is 25.3 Å². The highest BCUT2D eigenvalue weighted by atomic mass is 32.2. The standard InChI is InChI=1S/C11H14N2O3S/c1-2-3-6-16-8-4-5-9-10(7-8)13-11(12-9)17(14)15/h4-5,7H,2-3,6H2,1H3,(H,12,13)(H,14,15). The van der Waals surface area contributed by atoms with Crippen LogP contribution in [0.15, 0.2) is 23.4 Å². The van der Waals surface area contributed by atoms with Crippen molar-refractivity contribution in [1.29, 1.82) is 0 Å². The number of hydrogen-bond donors (Lipinski definition) is 2. The summed E-state index contributed by atoms with van der Waals surface area (Å²) in [6.45, 7) is 2.78. The Hall–Kier alpha value is -1.40. The molecule has 0 aliphatic rings. The molecule has 92 valence electrons. The van der Waals surface area contributed by atoms with Gasteiger partial charge in [0.1, 0.15) is 5.75 Å². The van der Waals surface area contributed by atoms with Gasteiger partial charge in [0.2, 0.25) is 16.2 Å².